The van der Waals surface area contributed by atoms with Crippen molar-refractivity contribution in [2.45, 2.75) is 6.92 Å². The Hall–Kier alpha value is -1.67. The van der Waals surface area contributed by atoms with E-state index in [1.54, 1.807) is 6.92 Å². The molecule has 5 heteroatoms. The first-order valence-corrected chi connectivity index (χ1v) is 4.70. The van der Waals surface area contributed by atoms with Crippen LogP contribution in [0.3, 0.4) is 0 Å². The molecule has 0 atom stereocenters. The Morgan fingerprint density at radius 3 is 3.00 bits per heavy atom. The number of nitrogens with two attached hydrogens (primary N) is 1. The molecule has 0 amide bonds. The monoisotopic (exact) mass is 207 g/mol. The molecule has 0 unspecified atom stereocenters. The fraction of sp³-hybridized carbons (Fsp3) is 0.111. The predicted molar refractivity (Wildman–Crippen MR) is 53.4 cm³/mol. The number of nitrogens with zero attached hydrogens (tertiary/aromatic N) is 2. The molecule has 0 aromatic carbocycles. The van der Waals surface area contributed by atoms with Crippen molar-refractivity contribution in [3.05, 3.63) is 23.3 Å². The Bertz CT molecular complexity index is 553. The van der Waals surface area contributed by atoms with Gasteiger partial charge in [0.2, 0.25) is 0 Å². The van der Waals surface area contributed by atoms with E-state index in [2.05, 4.69) is 4.98 Å². The van der Waals surface area contributed by atoms with E-state index in [4.69, 9.17) is 11.0 Å². The molecule has 0 aliphatic carbocycles. The van der Waals surface area contributed by atoms with Crippen LogP contribution in [0.2, 0.25) is 0 Å². The Labute approximate surface area is 83.6 Å². The van der Waals surface area contributed by atoms with Gasteiger partial charge in [-0.2, -0.15) is 5.26 Å². The molecule has 3 nitrogen and oxygen atoms in total. The van der Waals surface area contributed by atoms with Crippen LogP contribution >= 0.6 is 11.3 Å². The van der Waals surface area contributed by atoms with Gasteiger partial charge in [-0.15, -0.1) is 11.3 Å². The van der Waals surface area contributed by atoms with Crippen LogP contribution in [0.25, 0.3) is 10.1 Å². The number of fused-ring (bicyclic) bond motifs is 1. The van der Waals surface area contributed by atoms with Crippen molar-refractivity contribution in [1.82, 2.24) is 4.98 Å². The van der Waals surface area contributed by atoms with Crippen molar-refractivity contribution in [2.75, 3.05) is 5.73 Å². The standard InChI is InChI=1S/C9H6FN3S/c1-4-7-5(2-11)9(12)14-8(7)6(10)3-13-4/h3H,12H2,1H3. The molecular weight excluding hydrogens is 201 g/mol. The number of nitriles is 1. The van der Waals surface area contributed by atoms with Gasteiger partial charge in [0.05, 0.1) is 16.5 Å². The first-order chi connectivity index (χ1) is 6.65. The van der Waals surface area contributed by atoms with Crippen LogP contribution in [0, 0.1) is 24.1 Å². The second-order valence-electron chi connectivity index (χ2n) is 2.85. The van der Waals surface area contributed by atoms with Gasteiger partial charge in [0.15, 0.2) is 5.82 Å². The quantitative estimate of drug-likeness (QED) is 0.720. The average molecular weight is 207 g/mol. The van der Waals surface area contributed by atoms with E-state index in [1.165, 1.54) is 0 Å². The molecular formula is C9H6FN3S. The van der Waals surface area contributed by atoms with Gasteiger partial charge >= 0.3 is 0 Å². The molecule has 0 fully saturated rings. The molecule has 0 aliphatic heterocycles. The molecule has 2 rings (SSSR count). The normalized spacial score (nSPS) is 10.4. The third-order valence-corrected chi connectivity index (χ3v) is 3.02. The van der Waals surface area contributed by atoms with Crippen LogP contribution in [0.4, 0.5) is 9.39 Å². The number of hydrogen-bond donors (Lipinski definition) is 1. The summed E-state index contributed by atoms with van der Waals surface area (Å²) >= 11 is 1.08. The minimum atomic E-state index is -0.427. The summed E-state index contributed by atoms with van der Waals surface area (Å²) in [5.41, 5.74) is 6.56. The third kappa shape index (κ3) is 1.05. The highest BCUT2D eigenvalue weighted by molar-refractivity contribution is 7.23. The second kappa shape index (κ2) is 2.93. The maximum absolute atomic E-state index is 13.3. The van der Waals surface area contributed by atoms with Crippen LogP contribution in [0.15, 0.2) is 6.20 Å². The summed E-state index contributed by atoms with van der Waals surface area (Å²) in [6.07, 6.45) is 1.15. The van der Waals surface area contributed by atoms with Crippen LogP contribution in [0.5, 0.6) is 0 Å². The predicted octanol–water partition coefficient (Wildman–Crippen LogP) is 2.20. The van der Waals surface area contributed by atoms with E-state index >= 15 is 0 Å². The lowest BCUT2D eigenvalue weighted by atomic mass is 10.1. The number of thiophene rings is 1. The molecule has 0 saturated heterocycles. The van der Waals surface area contributed by atoms with Gasteiger partial charge in [-0.05, 0) is 6.92 Å². The molecule has 2 heterocycles. The van der Waals surface area contributed by atoms with Crippen molar-refractivity contribution in [1.29, 1.82) is 5.26 Å². The maximum Gasteiger partial charge on any atom is 0.159 e. The Morgan fingerprint density at radius 2 is 2.36 bits per heavy atom. The van der Waals surface area contributed by atoms with Crippen molar-refractivity contribution >= 4 is 26.4 Å². The van der Waals surface area contributed by atoms with Gasteiger partial charge in [0, 0.05) is 11.1 Å². The van der Waals surface area contributed by atoms with E-state index < -0.39 is 5.82 Å². The zero-order chi connectivity index (χ0) is 10.3. The van der Waals surface area contributed by atoms with Crippen LogP contribution in [0.1, 0.15) is 11.3 Å². The van der Waals surface area contributed by atoms with Crippen LogP contribution in [-0.2, 0) is 0 Å². The lowest BCUT2D eigenvalue weighted by molar-refractivity contribution is 0.635. The maximum atomic E-state index is 13.3. The topological polar surface area (TPSA) is 62.7 Å². The van der Waals surface area contributed by atoms with Gasteiger partial charge in [-0.3, -0.25) is 4.98 Å². The van der Waals surface area contributed by atoms with Crippen LogP contribution < -0.4 is 5.73 Å². The minimum Gasteiger partial charge on any atom is -0.389 e. The molecule has 70 valence electrons. The zero-order valence-corrected chi connectivity index (χ0v) is 8.15. The van der Waals surface area contributed by atoms with E-state index in [0.717, 1.165) is 17.5 Å². The summed E-state index contributed by atoms with van der Waals surface area (Å²) in [7, 11) is 0. The molecule has 0 radical (unpaired) electrons. The van der Waals surface area contributed by atoms with E-state index in [9.17, 15) is 4.39 Å². The largest absolute Gasteiger partial charge is 0.389 e. The fourth-order valence-corrected chi connectivity index (χ4v) is 2.32. The number of nitrogen functional groups attached to an aromatic ring is 1. The lowest BCUT2D eigenvalue weighted by Crippen LogP contribution is -1.87. The van der Waals surface area contributed by atoms with Gasteiger partial charge in [-0.25, -0.2) is 4.39 Å². The highest BCUT2D eigenvalue weighted by Crippen LogP contribution is 2.35. The van der Waals surface area contributed by atoms with Crippen molar-refractivity contribution < 1.29 is 4.39 Å². The first kappa shape index (κ1) is 8.91. The smallest absolute Gasteiger partial charge is 0.159 e. The Morgan fingerprint density at radius 1 is 1.64 bits per heavy atom. The number of hydrogen-bond acceptors (Lipinski definition) is 4. The molecule has 2 N–H and O–H groups in total. The van der Waals surface area contributed by atoms with E-state index in [0.29, 0.717) is 26.3 Å². The van der Waals surface area contributed by atoms with Crippen LogP contribution in [-0.4, -0.2) is 4.98 Å². The SMILES string of the molecule is Cc1ncc(F)c2sc(N)c(C#N)c12. The fourth-order valence-electron chi connectivity index (χ4n) is 1.35. The summed E-state index contributed by atoms with van der Waals surface area (Å²) in [4.78, 5) is 3.85. The third-order valence-electron chi connectivity index (χ3n) is 2.00. The highest BCUT2D eigenvalue weighted by atomic mass is 32.1. The summed E-state index contributed by atoms with van der Waals surface area (Å²) in [6.45, 7) is 1.73. The number of aromatic nitrogens is 1. The van der Waals surface area contributed by atoms with Gasteiger partial charge in [0.25, 0.3) is 0 Å². The summed E-state index contributed by atoms with van der Waals surface area (Å²) in [5.74, 6) is -0.427. The lowest BCUT2D eigenvalue weighted by Gasteiger charge is -1.95. The molecule has 2 aromatic heterocycles. The number of anilines is 1. The number of halogens is 1. The molecule has 0 spiro atoms. The molecule has 0 bridgehead atoms. The minimum absolute atomic E-state index is 0.328. The Balaban J connectivity index is 3.03. The van der Waals surface area contributed by atoms with Gasteiger partial charge in [0.1, 0.15) is 11.1 Å². The van der Waals surface area contributed by atoms with Crippen molar-refractivity contribution in [2.24, 2.45) is 0 Å². The highest BCUT2D eigenvalue weighted by Gasteiger charge is 2.15. The van der Waals surface area contributed by atoms with E-state index in [-0.39, 0.29) is 0 Å². The summed E-state index contributed by atoms with van der Waals surface area (Å²) in [6, 6.07) is 1.97. The van der Waals surface area contributed by atoms with Gasteiger partial charge in [-0.1, -0.05) is 0 Å². The Kier molecular flexibility index (Phi) is 1.86. The summed E-state index contributed by atoms with van der Waals surface area (Å²) in [5, 5.41) is 9.73. The van der Waals surface area contributed by atoms with E-state index in [1.807, 2.05) is 6.07 Å². The number of rotatable bonds is 0. The molecule has 2 aromatic rings. The second-order valence-corrected chi connectivity index (χ2v) is 3.90. The van der Waals surface area contributed by atoms with Gasteiger partial charge < -0.3 is 5.73 Å². The molecule has 14 heavy (non-hydrogen) atoms. The molecule has 0 aliphatic rings. The van der Waals surface area contributed by atoms with Crippen molar-refractivity contribution in [3.8, 4) is 6.07 Å². The average Bonchev–Trinajstić information content (AvgIpc) is 2.50. The number of aryl methyl sites for hydroxylation is 1. The number of pyridine rings is 1. The zero-order valence-electron chi connectivity index (χ0n) is 7.34. The van der Waals surface area contributed by atoms with Crippen molar-refractivity contribution in [3.63, 3.8) is 0 Å². The first-order valence-electron chi connectivity index (χ1n) is 3.88. The summed E-state index contributed by atoms with van der Waals surface area (Å²) < 4.78 is 13.7. The molecule has 0 saturated carbocycles.